The Morgan fingerprint density at radius 1 is 0.968 bits per heavy atom. The zero-order valence-electron chi connectivity index (χ0n) is 16.4. The predicted octanol–water partition coefficient (Wildman–Crippen LogP) is 1.46. The summed E-state index contributed by atoms with van der Waals surface area (Å²) in [5, 5.41) is 0. The Balaban J connectivity index is 1.46. The molecule has 3 amide bonds. The quantitative estimate of drug-likeness (QED) is 0.743. The number of hydrogen-bond acceptors (Lipinski definition) is 6. The second-order valence-electron chi connectivity index (χ2n) is 8.08. The minimum atomic E-state index is -0.890. The minimum absolute atomic E-state index is 0.337. The smallest absolute Gasteiger partial charge is 0.240 e. The summed E-state index contributed by atoms with van der Waals surface area (Å²) >= 11 is 0. The summed E-state index contributed by atoms with van der Waals surface area (Å²) in [4.78, 5) is 42.5. The molecular weight excluding hydrogens is 398 g/mol. The van der Waals surface area contributed by atoms with Crippen LogP contribution >= 0.6 is 0 Å². The van der Waals surface area contributed by atoms with Gasteiger partial charge < -0.3 is 20.1 Å². The number of fused-ring (bicyclic) bond motifs is 6. The van der Waals surface area contributed by atoms with Crippen LogP contribution in [-0.2, 0) is 14.4 Å². The van der Waals surface area contributed by atoms with E-state index in [4.69, 9.17) is 15.2 Å². The average Bonchev–Trinajstić information content (AvgIpc) is 3.26. The Hall–Kier alpha value is -3.81. The van der Waals surface area contributed by atoms with Crippen molar-refractivity contribution in [3.8, 4) is 11.5 Å². The number of ether oxygens (including phenoxy) is 2. The maximum absolute atomic E-state index is 13.6. The highest BCUT2D eigenvalue weighted by atomic mass is 16.6. The molecule has 2 aromatic carbocycles. The van der Waals surface area contributed by atoms with E-state index >= 15 is 0 Å². The van der Waals surface area contributed by atoms with Gasteiger partial charge in [-0.2, -0.15) is 0 Å². The summed E-state index contributed by atoms with van der Waals surface area (Å²) in [6, 6.07) is 11.4. The van der Waals surface area contributed by atoms with Crippen molar-refractivity contribution >= 4 is 29.5 Å². The maximum Gasteiger partial charge on any atom is 0.240 e. The lowest BCUT2D eigenvalue weighted by molar-refractivity contribution is -0.129. The Morgan fingerprint density at radius 2 is 1.71 bits per heavy atom. The fourth-order valence-corrected chi connectivity index (χ4v) is 5.31. The molecule has 4 aliphatic heterocycles. The van der Waals surface area contributed by atoms with Crippen molar-refractivity contribution in [2.75, 3.05) is 18.1 Å². The Bertz CT molecular complexity index is 1180. The van der Waals surface area contributed by atoms with E-state index in [1.807, 2.05) is 30.3 Å². The van der Waals surface area contributed by atoms with E-state index in [1.165, 1.54) is 4.90 Å². The molecule has 2 saturated heterocycles. The van der Waals surface area contributed by atoms with Crippen molar-refractivity contribution < 1.29 is 23.9 Å². The van der Waals surface area contributed by atoms with Gasteiger partial charge in [-0.15, -0.1) is 0 Å². The molecule has 2 fully saturated rings. The van der Waals surface area contributed by atoms with E-state index in [1.54, 1.807) is 29.3 Å². The molecule has 8 nitrogen and oxygen atoms in total. The Kier molecular flexibility index (Phi) is 3.68. The number of primary amides is 1. The lowest BCUT2D eigenvalue weighted by Crippen LogP contribution is -2.46. The fourth-order valence-electron chi connectivity index (χ4n) is 5.31. The van der Waals surface area contributed by atoms with Gasteiger partial charge in [-0.3, -0.25) is 14.4 Å². The topological polar surface area (TPSA) is 102 Å². The minimum Gasteiger partial charge on any atom is -0.486 e. The zero-order chi connectivity index (χ0) is 21.3. The van der Waals surface area contributed by atoms with Crippen LogP contribution in [0.2, 0.25) is 0 Å². The number of anilines is 1. The van der Waals surface area contributed by atoms with Crippen LogP contribution in [-0.4, -0.2) is 41.9 Å². The standard InChI is InChI=1S/C23H19N3O5/c24-21(27)20-18-17(19-14-4-2-1-3-12(14)7-8-25(19)20)22(28)26(23(18)29)13-5-6-15-16(11-13)31-10-9-30-15/h1-8,11,17-20H,9-10H2,(H2,24,27)/t17-,18+,19+,20-/m0/s1. The van der Waals surface area contributed by atoms with E-state index in [2.05, 4.69) is 0 Å². The van der Waals surface area contributed by atoms with E-state index in [0.29, 0.717) is 30.4 Å². The first kappa shape index (κ1) is 18.0. The monoisotopic (exact) mass is 417 g/mol. The molecule has 0 radical (unpaired) electrons. The molecule has 0 saturated carbocycles. The van der Waals surface area contributed by atoms with E-state index < -0.39 is 35.7 Å². The maximum atomic E-state index is 13.6. The summed E-state index contributed by atoms with van der Waals surface area (Å²) < 4.78 is 11.2. The van der Waals surface area contributed by atoms with Crippen LogP contribution in [0.25, 0.3) is 6.08 Å². The molecule has 156 valence electrons. The predicted molar refractivity (Wildman–Crippen MR) is 110 cm³/mol. The highest BCUT2D eigenvalue weighted by Gasteiger charge is 2.64. The van der Waals surface area contributed by atoms with Gasteiger partial charge in [0.2, 0.25) is 17.7 Å². The van der Waals surface area contributed by atoms with Gasteiger partial charge in [-0.1, -0.05) is 24.3 Å². The Morgan fingerprint density at radius 3 is 2.52 bits per heavy atom. The normalized spacial score (nSPS) is 27.7. The lowest BCUT2D eigenvalue weighted by Gasteiger charge is -2.34. The first-order valence-corrected chi connectivity index (χ1v) is 10.2. The van der Waals surface area contributed by atoms with Crippen molar-refractivity contribution in [3.05, 3.63) is 59.8 Å². The molecule has 0 unspecified atom stereocenters. The third-order valence-corrected chi connectivity index (χ3v) is 6.54. The van der Waals surface area contributed by atoms with Gasteiger partial charge in [0, 0.05) is 12.3 Å². The molecule has 4 heterocycles. The van der Waals surface area contributed by atoms with Gasteiger partial charge in [-0.25, -0.2) is 4.90 Å². The molecule has 2 N–H and O–H groups in total. The molecule has 0 aromatic heterocycles. The molecule has 0 aliphatic carbocycles. The summed E-state index contributed by atoms with van der Waals surface area (Å²) in [6.45, 7) is 0.844. The number of hydrogen-bond donors (Lipinski definition) is 1. The van der Waals surface area contributed by atoms with E-state index in [-0.39, 0.29) is 5.91 Å². The number of nitrogens with zero attached hydrogens (tertiary/aromatic N) is 2. The molecule has 0 spiro atoms. The SMILES string of the molecule is NC(=O)[C@@H]1[C@@H]2C(=O)N(c3ccc4c(c3)OCCO4)C(=O)[C@@H]2[C@H]2c3ccccc3C=CN12. The third kappa shape index (κ3) is 2.38. The number of rotatable bonds is 2. The van der Waals surface area contributed by atoms with Gasteiger partial charge in [0.15, 0.2) is 11.5 Å². The second kappa shape index (κ2) is 6.34. The summed E-state index contributed by atoms with van der Waals surface area (Å²) in [7, 11) is 0. The first-order chi connectivity index (χ1) is 15.1. The van der Waals surface area contributed by atoms with Crippen LogP contribution in [0.15, 0.2) is 48.7 Å². The van der Waals surface area contributed by atoms with Gasteiger partial charge in [0.05, 0.1) is 23.6 Å². The molecule has 2 aromatic rings. The molecule has 4 atom stereocenters. The zero-order valence-corrected chi connectivity index (χ0v) is 16.4. The van der Waals surface area contributed by atoms with Crippen LogP contribution in [0.5, 0.6) is 11.5 Å². The second-order valence-corrected chi connectivity index (χ2v) is 8.08. The van der Waals surface area contributed by atoms with E-state index in [0.717, 1.165) is 11.1 Å². The molecule has 4 aliphatic rings. The van der Waals surface area contributed by atoms with Crippen molar-refractivity contribution in [1.29, 1.82) is 0 Å². The number of nitrogens with two attached hydrogens (primary N) is 1. The van der Waals surface area contributed by atoms with Gasteiger partial charge in [-0.05, 0) is 29.3 Å². The molecule has 8 heteroatoms. The summed E-state index contributed by atoms with van der Waals surface area (Å²) in [6.07, 6.45) is 3.66. The van der Waals surface area contributed by atoms with Crippen molar-refractivity contribution in [1.82, 2.24) is 4.90 Å². The summed E-state index contributed by atoms with van der Waals surface area (Å²) in [5.41, 5.74) is 8.01. The first-order valence-electron chi connectivity index (χ1n) is 10.2. The molecular formula is C23H19N3O5. The number of carbonyl (C=O) groups excluding carboxylic acids is 3. The molecule has 31 heavy (non-hydrogen) atoms. The van der Waals surface area contributed by atoms with Crippen molar-refractivity contribution in [3.63, 3.8) is 0 Å². The lowest BCUT2D eigenvalue weighted by atomic mass is 9.84. The number of carbonyl (C=O) groups is 3. The highest BCUT2D eigenvalue weighted by Crippen LogP contribution is 2.53. The largest absolute Gasteiger partial charge is 0.486 e. The van der Waals surface area contributed by atoms with Crippen LogP contribution in [0.3, 0.4) is 0 Å². The van der Waals surface area contributed by atoms with Crippen LogP contribution in [0.1, 0.15) is 17.2 Å². The van der Waals surface area contributed by atoms with Gasteiger partial charge in [0.25, 0.3) is 0 Å². The third-order valence-electron chi connectivity index (χ3n) is 6.54. The Labute approximate surface area is 177 Å². The molecule has 0 bridgehead atoms. The average molecular weight is 417 g/mol. The molecule has 6 rings (SSSR count). The van der Waals surface area contributed by atoms with Crippen LogP contribution in [0.4, 0.5) is 5.69 Å². The number of benzene rings is 2. The summed E-state index contributed by atoms with van der Waals surface area (Å²) in [5.74, 6) is -1.87. The highest BCUT2D eigenvalue weighted by molar-refractivity contribution is 6.24. The fraction of sp³-hybridized carbons (Fsp3) is 0.261. The van der Waals surface area contributed by atoms with Crippen LogP contribution in [0, 0.1) is 11.8 Å². The van der Waals surface area contributed by atoms with Crippen molar-refractivity contribution in [2.24, 2.45) is 17.6 Å². The number of imide groups is 1. The van der Waals surface area contributed by atoms with Crippen molar-refractivity contribution in [2.45, 2.75) is 12.1 Å². The van der Waals surface area contributed by atoms with Gasteiger partial charge >= 0.3 is 0 Å². The van der Waals surface area contributed by atoms with E-state index in [9.17, 15) is 14.4 Å². The van der Waals surface area contributed by atoms with Gasteiger partial charge in [0.1, 0.15) is 19.3 Å². The van der Waals surface area contributed by atoms with Crippen LogP contribution < -0.4 is 20.1 Å². The number of amides is 3.